The zero-order valence-electron chi connectivity index (χ0n) is 18.6. The van der Waals surface area contributed by atoms with E-state index in [-0.39, 0.29) is 11.9 Å². The number of benzene rings is 2. The summed E-state index contributed by atoms with van der Waals surface area (Å²) in [6.45, 7) is 1.95. The first-order valence-electron chi connectivity index (χ1n) is 10.8. The van der Waals surface area contributed by atoms with Gasteiger partial charge in [0, 0.05) is 16.9 Å². The van der Waals surface area contributed by atoms with Crippen LogP contribution in [0.3, 0.4) is 0 Å². The quantitative estimate of drug-likeness (QED) is 0.396. The lowest BCUT2D eigenvalue weighted by atomic mass is 9.96. The molecule has 0 fully saturated rings. The van der Waals surface area contributed by atoms with Crippen molar-refractivity contribution in [2.45, 2.75) is 38.4 Å². The van der Waals surface area contributed by atoms with Gasteiger partial charge in [-0.2, -0.15) is 13.2 Å². The fourth-order valence-electron chi connectivity index (χ4n) is 3.98. The van der Waals surface area contributed by atoms with E-state index in [2.05, 4.69) is 20.3 Å². The van der Waals surface area contributed by atoms with Gasteiger partial charge in [-0.1, -0.05) is 12.1 Å². The molecule has 2 aromatic carbocycles. The molecule has 1 aliphatic rings. The highest BCUT2D eigenvalue weighted by molar-refractivity contribution is 5.94. The minimum atomic E-state index is -5.08. The summed E-state index contributed by atoms with van der Waals surface area (Å²) in [6, 6.07) is 15.6. The SMILES string of the molecule is Cc1nc2c([nH]1)CCCC2NC(=O)c1ccc(-n2cnc3ccccc32)cc1.O=C(O)C(F)(F)F. The molecule has 1 atom stereocenters. The van der Waals surface area contributed by atoms with Crippen LogP contribution in [0.1, 0.15) is 46.5 Å². The molecular weight excluding hydrogens is 463 g/mol. The molecule has 0 radical (unpaired) electrons. The maximum absolute atomic E-state index is 12.8. The van der Waals surface area contributed by atoms with Crippen molar-refractivity contribution in [3.63, 3.8) is 0 Å². The van der Waals surface area contributed by atoms with E-state index in [1.54, 1.807) is 0 Å². The summed E-state index contributed by atoms with van der Waals surface area (Å²) in [7, 11) is 0. The van der Waals surface area contributed by atoms with Gasteiger partial charge in [0.05, 0.1) is 22.8 Å². The van der Waals surface area contributed by atoms with Gasteiger partial charge in [0.25, 0.3) is 5.91 Å². The number of halogens is 3. The fraction of sp³-hybridized carbons (Fsp3) is 0.250. The Morgan fingerprint density at radius 2 is 1.83 bits per heavy atom. The first kappa shape index (κ1) is 24.0. The second-order valence-electron chi connectivity index (χ2n) is 8.06. The van der Waals surface area contributed by atoms with E-state index in [9.17, 15) is 18.0 Å². The predicted octanol–water partition coefficient (Wildman–Crippen LogP) is 4.50. The van der Waals surface area contributed by atoms with Crippen LogP contribution in [0.5, 0.6) is 0 Å². The zero-order valence-corrected chi connectivity index (χ0v) is 18.6. The number of carbonyl (C=O) groups excluding carboxylic acids is 1. The Kier molecular flexibility index (Phi) is 6.59. The van der Waals surface area contributed by atoms with E-state index in [0.717, 1.165) is 53.2 Å². The number of aromatic amines is 1. The molecule has 5 rings (SSSR count). The molecule has 8 nitrogen and oxygen atoms in total. The number of H-pyrrole nitrogens is 1. The van der Waals surface area contributed by atoms with E-state index in [4.69, 9.17) is 9.90 Å². The molecule has 1 unspecified atom stereocenters. The number of nitrogens with zero attached hydrogens (tertiary/aromatic N) is 3. The van der Waals surface area contributed by atoms with E-state index in [0.29, 0.717) is 5.56 Å². The molecule has 0 saturated carbocycles. The molecule has 2 aromatic heterocycles. The summed E-state index contributed by atoms with van der Waals surface area (Å²) >= 11 is 0. The number of imidazole rings is 2. The third-order valence-corrected chi connectivity index (χ3v) is 5.59. The lowest BCUT2D eigenvalue weighted by Crippen LogP contribution is -2.31. The van der Waals surface area contributed by atoms with E-state index in [1.165, 1.54) is 0 Å². The third kappa shape index (κ3) is 5.34. The van der Waals surface area contributed by atoms with Crippen LogP contribution in [0, 0.1) is 6.92 Å². The largest absolute Gasteiger partial charge is 0.490 e. The number of aromatic nitrogens is 4. The van der Waals surface area contributed by atoms with Crippen LogP contribution in [-0.2, 0) is 11.2 Å². The van der Waals surface area contributed by atoms with Gasteiger partial charge < -0.3 is 15.4 Å². The van der Waals surface area contributed by atoms with Crippen LogP contribution < -0.4 is 5.32 Å². The van der Waals surface area contributed by atoms with Gasteiger partial charge in [-0.25, -0.2) is 14.8 Å². The van der Waals surface area contributed by atoms with Gasteiger partial charge in [-0.3, -0.25) is 9.36 Å². The van der Waals surface area contributed by atoms with Crippen molar-refractivity contribution in [3.05, 3.63) is 77.6 Å². The van der Waals surface area contributed by atoms with Crippen molar-refractivity contribution in [3.8, 4) is 5.69 Å². The highest BCUT2D eigenvalue weighted by Gasteiger charge is 2.38. The monoisotopic (exact) mass is 485 g/mol. The standard InChI is InChI=1S/C22H21N5O.C2HF3O2/c1-14-24-18-6-4-7-19(21(18)25-14)26-22(28)15-9-11-16(12-10-15)27-13-23-17-5-2-3-8-20(17)27;3-2(4,5)1(6)7/h2-3,5,8-13,19H,4,6-7H2,1H3,(H,24,25)(H,26,28);(H,6,7). The smallest absolute Gasteiger partial charge is 0.475 e. The Morgan fingerprint density at radius 3 is 2.51 bits per heavy atom. The van der Waals surface area contributed by atoms with Crippen molar-refractivity contribution in [2.75, 3.05) is 0 Å². The molecule has 1 amide bonds. The molecule has 182 valence electrons. The minimum absolute atomic E-state index is 0.0292. The molecule has 0 saturated heterocycles. The van der Waals surface area contributed by atoms with Crippen LogP contribution in [0.4, 0.5) is 13.2 Å². The minimum Gasteiger partial charge on any atom is -0.475 e. The maximum Gasteiger partial charge on any atom is 0.490 e. The number of fused-ring (bicyclic) bond motifs is 2. The third-order valence-electron chi connectivity index (χ3n) is 5.59. The van der Waals surface area contributed by atoms with Crippen molar-refractivity contribution in [1.82, 2.24) is 24.8 Å². The van der Waals surface area contributed by atoms with Crippen molar-refractivity contribution < 1.29 is 27.9 Å². The average Bonchev–Trinajstić information content (AvgIpc) is 3.42. The van der Waals surface area contributed by atoms with Gasteiger partial charge >= 0.3 is 12.1 Å². The van der Waals surface area contributed by atoms with Crippen LogP contribution in [0.25, 0.3) is 16.7 Å². The molecule has 1 aliphatic carbocycles. The molecule has 3 N–H and O–H groups in total. The summed E-state index contributed by atoms with van der Waals surface area (Å²) in [5.41, 5.74) is 5.76. The number of aryl methyl sites for hydroxylation is 2. The number of carboxylic acid groups (broad SMARTS) is 1. The molecule has 11 heteroatoms. The normalized spacial score (nSPS) is 15.1. The van der Waals surface area contributed by atoms with Crippen LogP contribution in [-0.4, -0.2) is 42.7 Å². The summed E-state index contributed by atoms with van der Waals surface area (Å²) < 4.78 is 33.8. The number of alkyl halides is 3. The van der Waals surface area contributed by atoms with Gasteiger partial charge in [0.15, 0.2) is 0 Å². The summed E-state index contributed by atoms with van der Waals surface area (Å²) in [6.07, 6.45) is -0.312. The summed E-state index contributed by atoms with van der Waals surface area (Å²) in [5.74, 6) is -1.92. The second-order valence-corrected chi connectivity index (χ2v) is 8.06. The number of carboxylic acids is 1. The van der Waals surface area contributed by atoms with Crippen LogP contribution >= 0.6 is 0 Å². The lowest BCUT2D eigenvalue weighted by Gasteiger charge is -2.22. The molecule has 2 heterocycles. The van der Waals surface area contributed by atoms with Crippen molar-refractivity contribution >= 4 is 22.9 Å². The zero-order chi connectivity index (χ0) is 25.2. The van der Waals surface area contributed by atoms with Crippen LogP contribution in [0.2, 0.25) is 0 Å². The molecular formula is C24H22F3N5O3. The topological polar surface area (TPSA) is 113 Å². The Hall–Kier alpha value is -4.15. The van der Waals surface area contributed by atoms with E-state index < -0.39 is 12.1 Å². The Balaban J connectivity index is 0.000000364. The van der Waals surface area contributed by atoms with Crippen molar-refractivity contribution in [2.24, 2.45) is 0 Å². The summed E-state index contributed by atoms with van der Waals surface area (Å²) in [4.78, 5) is 34.0. The Bertz CT molecular complexity index is 1360. The lowest BCUT2D eigenvalue weighted by molar-refractivity contribution is -0.192. The number of hydrogen-bond donors (Lipinski definition) is 3. The highest BCUT2D eigenvalue weighted by atomic mass is 19.4. The Morgan fingerprint density at radius 1 is 1.14 bits per heavy atom. The number of amides is 1. The van der Waals surface area contributed by atoms with Gasteiger partial charge in [-0.05, 0) is 62.6 Å². The first-order chi connectivity index (χ1) is 16.6. The van der Waals surface area contributed by atoms with Crippen LogP contribution in [0.15, 0.2) is 54.9 Å². The number of rotatable bonds is 3. The number of nitrogens with one attached hydrogen (secondary N) is 2. The van der Waals surface area contributed by atoms with E-state index >= 15 is 0 Å². The predicted molar refractivity (Wildman–Crippen MR) is 121 cm³/mol. The Labute approximate surface area is 197 Å². The number of hydrogen-bond acceptors (Lipinski definition) is 4. The number of aliphatic carboxylic acids is 1. The fourth-order valence-corrected chi connectivity index (χ4v) is 3.98. The molecule has 0 spiro atoms. The second kappa shape index (κ2) is 9.61. The highest BCUT2D eigenvalue weighted by Crippen LogP contribution is 2.28. The van der Waals surface area contributed by atoms with Gasteiger partial charge in [0.1, 0.15) is 12.2 Å². The summed E-state index contributed by atoms with van der Waals surface area (Å²) in [5, 5.41) is 10.3. The maximum atomic E-state index is 12.8. The van der Waals surface area contributed by atoms with E-state index in [1.807, 2.05) is 66.3 Å². The molecule has 0 bridgehead atoms. The van der Waals surface area contributed by atoms with Gasteiger partial charge in [-0.15, -0.1) is 0 Å². The average molecular weight is 485 g/mol. The number of carbonyl (C=O) groups is 2. The molecule has 35 heavy (non-hydrogen) atoms. The van der Waals surface area contributed by atoms with Crippen molar-refractivity contribution in [1.29, 1.82) is 0 Å². The number of para-hydroxylation sites is 2. The van der Waals surface area contributed by atoms with Gasteiger partial charge in [0.2, 0.25) is 0 Å². The first-order valence-corrected chi connectivity index (χ1v) is 10.8. The molecule has 4 aromatic rings. The molecule has 0 aliphatic heterocycles.